The second-order valence-electron chi connectivity index (χ2n) is 12.6. The van der Waals surface area contributed by atoms with E-state index in [1.54, 1.807) is 0 Å². The first-order valence-corrected chi connectivity index (χ1v) is 20.7. The third kappa shape index (κ3) is 35.8. The minimum atomic E-state index is -4.63. The van der Waals surface area contributed by atoms with Crippen molar-refractivity contribution in [3.05, 3.63) is 60.8 Å². The highest BCUT2D eigenvalue weighted by Crippen LogP contribution is 2.43. The fraction of sp³-hybridized carbons (Fsp3) is 0.700. The molecule has 0 aromatic heterocycles. The van der Waals surface area contributed by atoms with E-state index in [2.05, 4.69) is 67.0 Å². The number of unbranched alkanes of at least 4 members (excludes halogenated alkanes) is 11. The predicted molar refractivity (Wildman–Crippen MR) is 205 cm³/mol. The standard InChI is InChI=1S/C40H69O10P/c1-3-5-7-9-11-13-15-16-17-18-19-20-22-24-26-28-30-32-40(44)50-38(36-49-51(45,46)48-34-37(42)33-41)35-47-39(43)31-29-27-25-23-21-14-12-10-8-6-4-2/h10-13,16-17,19-20,24,26,37-38,41-42H,3-9,14-15,18,21-23,25,27-36H2,1-2H3,(H,45,46)/b12-10+,13-11+,17-16+,20-19+,26-24+/t37-,38+/m0/s1. The van der Waals surface area contributed by atoms with Gasteiger partial charge in [-0.3, -0.25) is 18.6 Å². The molecule has 51 heavy (non-hydrogen) atoms. The lowest BCUT2D eigenvalue weighted by molar-refractivity contribution is -0.161. The fourth-order valence-corrected chi connectivity index (χ4v) is 5.40. The van der Waals surface area contributed by atoms with Crippen LogP contribution in [0.15, 0.2) is 60.8 Å². The Kier molecular flexibility index (Phi) is 34.4. The van der Waals surface area contributed by atoms with Gasteiger partial charge in [0.05, 0.1) is 19.8 Å². The fourth-order valence-electron chi connectivity index (χ4n) is 4.61. The average molecular weight is 741 g/mol. The molecule has 0 aliphatic rings. The van der Waals surface area contributed by atoms with Crippen LogP contribution in [0.2, 0.25) is 0 Å². The molecule has 0 aromatic rings. The van der Waals surface area contributed by atoms with E-state index in [-0.39, 0.29) is 19.4 Å². The normalized spacial score (nSPS) is 14.7. The van der Waals surface area contributed by atoms with Crippen molar-refractivity contribution >= 4 is 19.8 Å². The third-order valence-electron chi connectivity index (χ3n) is 7.64. The van der Waals surface area contributed by atoms with Crippen molar-refractivity contribution in [2.75, 3.05) is 26.4 Å². The molecule has 0 rings (SSSR count). The summed E-state index contributed by atoms with van der Waals surface area (Å²) in [6.45, 7) is 2.21. The average Bonchev–Trinajstić information content (AvgIpc) is 3.12. The van der Waals surface area contributed by atoms with E-state index in [1.165, 1.54) is 32.1 Å². The number of ether oxygens (including phenoxy) is 2. The highest BCUT2D eigenvalue weighted by atomic mass is 31.2. The van der Waals surface area contributed by atoms with Gasteiger partial charge in [-0.1, -0.05) is 120 Å². The van der Waals surface area contributed by atoms with Crippen molar-refractivity contribution in [1.82, 2.24) is 0 Å². The Hall–Kier alpha value is -2.33. The highest BCUT2D eigenvalue weighted by Gasteiger charge is 2.27. The van der Waals surface area contributed by atoms with E-state index in [9.17, 15) is 24.2 Å². The molecule has 0 saturated heterocycles. The van der Waals surface area contributed by atoms with Gasteiger partial charge in [0.2, 0.25) is 0 Å². The Morgan fingerprint density at radius 1 is 0.588 bits per heavy atom. The number of aliphatic hydroxyl groups excluding tert-OH is 2. The van der Waals surface area contributed by atoms with E-state index < -0.39 is 51.8 Å². The Bertz CT molecular complexity index is 1040. The second kappa shape index (κ2) is 36.0. The largest absolute Gasteiger partial charge is 0.472 e. The van der Waals surface area contributed by atoms with Crippen LogP contribution in [0.4, 0.5) is 0 Å². The number of aliphatic hydroxyl groups is 2. The number of phosphoric acid groups is 1. The van der Waals surface area contributed by atoms with Crippen molar-refractivity contribution in [3.63, 3.8) is 0 Å². The molecule has 11 heteroatoms. The molecule has 0 aromatic carbocycles. The number of rotatable bonds is 35. The van der Waals surface area contributed by atoms with Gasteiger partial charge >= 0.3 is 19.8 Å². The molecule has 3 N–H and O–H groups in total. The lowest BCUT2D eigenvalue weighted by atomic mass is 10.1. The van der Waals surface area contributed by atoms with Crippen LogP contribution in [0.5, 0.6) is 0 Å². The zero-order chi connectivity index (χ0) is 37.7. The topological polar surface area (TPSA) is 149 Å². The zero-order valence-corrected chi connectivity index (χ0v) is 32.4. The molecule has 0 aliphatic carbocycles. The Morgan fingerprint density at radius 3 is 1.67 bits per heavy atom. The molecular formula is C40H69O10P. The lowest BCUT2D eigenvalue weighted by Gasteiger charge is -2.20. The van der Waals surface area contributed by atoms with Crippen LogP contribution in [-0.2, 0) is 32.7 Å². The monoisotopic (exact) mass is 740 g/mol. The molecule has 0 heterocycles. The molecular weight excluding hydrogens is 671 g/mol. The molecule has 0 bridgehead atoms. The van der Waals surface area contributed by atoms with Gasteiger partial charge in [0.25, 0.3) is 0 Å². The number of hydrogen-bond acceptors (Lipinski definition) is 9. The summed E-state index contributed by atoms with van der Waals surface area (Å²) in [5.74, 6) is -1.01. The second-order valence-corrected chi connectivity index (χ2v) is 14.0. The summed E-state index contributed by atoms with van der Waals surface area (Å²) < 4.78 is 32.5. The van der Waals surface area contributed by atoms with E-state index in [1.807, 2.05) is 12.2 Å². The molecule has 3 atom stereocenters. The molecule has 294 valence electrons. The van der Waals surface area contributed by atoms with Crippen LogP contribution in [0, 0.1) is 0 Å². The summed E-state index contributed by atoms with van der Waals surface area (Å²) >= 11 is 0. The van der Waals surface area contributed by atoms with E-state index in [4.69, 9.17) is 19.1 Å². The van der Waals surface area contributed by atoms with Crippen molar-refractivity contribution in [1.29, 1.82) is 0 Å². The Balaban J connectivity index is 4.49. The molecule has 0 saturated carbocycles. The third-order valence-corrected chi connectivity index (χ3v) is 8.60. The van der Waals surface area contributed by atoms with E-state index in [0.29, 0.717) is 19.3 Å². The zero-order valence-electron chi connectivity index (χ0n) is 31.5. The van der Waals surface area contributed by atoms with Crippen LogP contribution >= 0.6 is 7.82 Å². The maximum Gasteiger partial charge on any atom is 0.472 e. The summed E-state index contributed by atoms with van der Waals surface area (Å²) in [6.07, 6.45) is 37.7. The van der Waals surface area contributed by atoms with Crippen LogP contribution in [0.1, 0.15) is 142 Å². The van der Waals surface area contributed by atoms with Gasteiger partial charge < -0.3 is 24.6 Å². The van der Waals surface area contributed by atoms with Crippen LogP contribution in [0.25, 0.3) is 0 Å². The minimum Gasteiger partial charge on any atom is -0.462 e. The van der Waals surface area contributed by atoms with Crippen molar-refractivity contribution in [2.24, 2.45) is 0 Å². The van der Waals surface area contributed by atoms with Crippen LogP contribution in [-0.4, -0.2) is 65.7 Å². The van der Waals surface area contributed by atoms with E-state index in [0.717, 1.165) is 64.2 Å². The molecule has 1 unspecified atom stereocenters. The smallest absolute Gasteiger partial charge is 0.462 e. The first-order chi connectivity index (χ1) is 24.7. The van der Waals surface area contributed by atoms with Gasteiger partial charge in [-0.2, -0.15) is 0 Å². The van der Waals surface area contributed by atoms with Gasteiger partial charge in [-0.05, 0) is 70.6 Å². The van der Waals surface area contributed by atoms with Crippen LogP contribution < -0.4 is 0 Å². The number of phosphoric ester groups is 1. The van der Waals surface area contributed by atoms with Gasteiger partial charge in [-0.15, -0.1) is 0 Å². The molecule has 10 nitrogen and oxygen atoms in total. The van der Waals surface area contributed by atoms with Gasteiger partial charge in [0.15, 0.2) is 6.10 Å². The lowest BCUT2D eigenvalue weighted by Crippen LogP contribution is -2.29. The van der Waals surface area contributed by atoms with Gasteiger partial charge in [0.1, 0.15) is 12.7 Å². The highest BCUT2D eigenvalue weighted by molar-refractivity contribution is 7.47. The molecule has 0 fully saturated rings. The number of carbonyl (C=O) groups excluding carboxylic acids is 2. The Morgan fingerprint density at radius 2 is 1.06 bits per heavy atom. The van der Waals surface area contributed by atoms with Crippen molar-refractivity contribution in [3.8, 4) is 0 Å². The molecule has 0 amide bonds. The van der Waals surface area contributed by atoms with Gasteiger partial charge in [-0.25, -0.2) is 4.57 Å². The first-order valence-electron chi connectivity index (χ1n) is 19.2. The molecule has 0 spiro atoms. The van der Waals surface area contributed by atoms with Crippen molar-refractivity contribution < 1.29 is 47.8 Å². The Labute approximate surface area is 308 Å². The minimum absolute atomic E-state index is 0.104. The maximum absolute atomic E-state index is 12.5. The van der Waals surface area contributed by atoms with Gasteiger partial charge in [0, 0.05) is 12.8 Å². The molecule has 0 radical (unpaired) electrons. The van der Waals surface area contributed by atoms with E-state index >= 15 is 0 Å². The first kappa shape index (κ1) is 48.7. The number of allylic oxidation sites excluding steroid dienone is 10. The summed E-state index contributed by atoms with van der Waals surface area (Å²) in [4.78, 5) is 34.8. The summed E-state index contributed by atoms with van der Waals surface area (Å²) in [5.41, 5.74) is 0. The summed E-state index contributed by atoms with van der Waals surface area (Å²) in [5, 5.41) is 18.3. The maximum atomic E-state index is 12.5. The number of esters is 2. The number of carbonyl (C=O) groups is 2. The number of hydrogen-bond donors (Lipinski definition) is 3. The summed E-state index contributed by atoms with van der Waals surface area (Å²) in [6, 6.07) is 0. The quantitative estimate of drug-likeness (QED) is 0.0248. The molecule has 0 aliphatic heterocycles. The summed E-state index contributed by atoms with van der Waals surface area (Å²) in [7, 11) is -4.63. The SMILES string of the molecule is CCCC/C=C/CCCCCCCC(=O)OC[C@H](COP(=O)(O)OC[C@@H](O)CO)OC(=O)CCC/C=C/C/C=C/C/C=C/C/C=C/CCCCC. The van der Waals surface area contributed by atoms with Crippen molar-refractivity contribution in [2.45, 2.75) is 154 Å². The van der Waals surface area contributed by atoms with Crippen LogP contribution in [0.3, 0.4) is 0 Å². The predicted octanol–water partition coefficient (Wildman–Crippen LogP) is 9.55.